The third-order valence-electron chi connectivity index (χ3n) is 3.16. The summed E-state index contributed by atoms with van der Waals surface area (Å²) >= 11 is 1.76. The fraction of sp³-hybridized carbons (Fsp3) is 0.429. The smallest absolute Gasteiger partial charge is 0.138 e. The Bertz CT molecular complexity index is 506. The number of thioether (sulfide) groups is 1. The summed E-state index contributed by atoms with van der Waals surface area (Å²) < 4.78 is 1.83. The molecule has 0 radical (unpaired) electrons. The van der Waals surface area contributed by atoms with Crippen LogP contribution in [0, 0.1) is 0 Å². The molecule has 4 nitrogen and oxygen atoms in total. The lowest BCUT2D eigenvalue weighted by molar-refractivity contribution is 0.522. The zero-order valence-electron chi connectivity index (χ0n) is 11.6. The first-order chi connectivity index (χ1) is 9.24. The first kappa shape index (κ1) is 14.1. The molecule has 0 aliphatic rings. The van der Waals surface area contributed by atoms with Gasteiger partial charge in [-0.05, 0) is 30.5 Å². The van der Waals surface area contributed by atoms with Gasteiger partial charge in [-0.25, -0.2) is 4.98 Å². The molecule has 5 heteroatoms. The zero-order valence-corrected chi connectivity index (χ0v) is 12.4. The van der Waals surface area contributed by atoms with E-state index >= 15 is 0 Å². The average Bonchev–Trinajstić information content (AvgIpc) is 2.84. The zero-order chi connectivity index (χ0) is 13.7. The molecule has 19 heavy (non-hydrogen) atoms. The fourth-order valence-corrected chi connectivity index (χ4v) is 2.49. The maximum atomic E-state index is 4.30. The Labute approximate surface area is 118 Å². The van der Waals surface area contributed by atoms with Gasteiger partial charge in [0.2, 0.25) is 0 Å². The number of likely N-dealkylation sites (N-methyl/N-ethyl adjacent to an activating group) is 1. The van der Waals surface area contributed by atoms with Crippen molar-refractivity contribution >= 4 is 11.8 Å². The Morgan fingerprint density at radius 3 is 2.58 bits per heavy atom. The second kappa shape index (κ2) is 6.73. The molecule has 0 aliphatic carbocycles. The fourth-order valence-electron chi connectivity index (χ4n) is 2.08. The van der Waals surface area contributed by atoms with Crippen LogP contribution in [0.4, 0.5) is 0 Å². The molecule has 1 heterocycles. The number of nitrogens with zero attached hydrogens (tertiary/aromatic N) is 3. The van der Waals surface area contributed by atoms with Crippen LogP contribution in [0.15, 0.2) is 35.5 Å². The number of aromatic nitrogens is 3. The molecule has 102 valence electrons. The van der Waals surface area contributed by atoms with Gasteiger partial charge in [-0.1, -0.05) is 19.1 Å². The predicted octanol–water partition coefficient (Wildman–Crippen LogP) is 2.43. The molecule has 0 aliphatic heterocycles. The second-order valence-corrected chi connectivity index (χ2v) is 5.27. The molecule has 1 unspecified atom stereocenters. The number of hydrogen-bond acceptors (Lipinski definition) is 4. The van der Waals surface area contributed by atoms with Gasteiger partial charge in [-0.3, -0.25) is 4.68 Å². The van der Waals surface area contributed by atoms with E-state index in [-0.39, 0.29) is 6.04 Å². The van der Waals surface area contributed by atoms with Gasteiger partial charge < -0.3 is 5.32 Å². The Morgan fingerprint density at radius 2 is 2.05 bits per heavy atom. The Morgan fingerprint density at radius 1 is 1.32 bits per heavy atom. The number of nitrogens with one attached hydrogen (secondary N) is 1. The lowest BCUT2D eigenvalue weighted by Crippen LogP contribution is -2.24. The summed E-state index contributed by atoms with van der Waals surface area (Å²) in [6.45, 7) is 3.06. The van der Waals surface area contributed by atoms with Crippen molar-refractivity contribution in [3.63, 3.8) is 0 Å². The molecule has 0 spiro atoms. The van der Waals surface area contributed by atoms with E-state index in [9.17, 15) is 0 Å². The topological polar surface area (TPSA) is 42.7 Å². The Balaban J connectivity index is 2.16. The third-order valence-corrected chi connectivity index (χ3v) is 3.90. The molecule has 1 aromatic carbocycles. The van der Waals surface area contributed by atoms with Crippen molar-refractivity contribution in [3.05, 3.63) is 42.0 Å². The van der Waals surface area contributed by atoms with Crippen LogP contribution in [0.1, 0.15) is 24.4 Å². The van der Waals surface area contributed by atoms with Gasteiger partial charge in [0.05, 0.1) is 0 Å². The molecule has 0 saturated heterocycles. The lowest BCUT2D eigenvalue weighted by atomic mass is 10.0. The normalized spacial score (nSPS) is 12.6. The summed E-state index contributed by atoms with van der Waals surface area (Å²) in [5, 5.41) is 7.64. The quantitative estimate of drug-likeness (QED) is 0.823. The highest BCUT2D eigenvalue weighted by Crippen LogP contribution is 2.21. The molecule has 1 aromatic heterocycles. The number of benzene rings is 1. The van der Waals surface area contributed by atoms with Crippen LogP contribution in [-0.4, -0.2) is 27.6 Å². The molecule has 0 bridgehead atoms. The van der Waals surface area contributed by atoms with Gasteiger partial charge in [-0.15, -0.1) is 11.8 Å². The molecular formula is C14H20N4S. The van der Waals surface area contributed by atoms with Crippen LogP contribution in [0.25, 0.3) is 0 Å². The van der Waals surface area contributed by atoms with Gasteiger partial charge in [0.25, 0.3) is 0 Å². The Hall–Kier alpha value is -1.33. The largest absolute Gasteiger partial charge is 0.310 e. The highest BCUT2D eigenvalue weighted by atomic mass is 32.2. The highest BCUT2D eigenvalue weighted by Gasteiger charge is 2.14. The number of hydrogen-bond donors (Lipinski definition) is 1. The molecule has 0 fully saturated rings. The van der Waals surface area contributed by atoms with Crippen LogP contribution in [0.3, 0.4) is 0 Å². The van der Waals surface area contributed by atoms with E-state index in [1.165, 1.54) is 10.5 Å². The monoisotopic (exact) mass is 276 g/mol. The van der Waals surface area contributed by atoms with Crippen molar-refractivity contribution in [1.82, 2.24) is 20.1 Å². The summed E-state index contributed by atoms with van der Waals surface area (Å²) in [6.07, 6.45) is 4.55. The predicted molar refractivity (Wildman–Crippen MR) is 79.3 cm³/mol. The standard InChI is InChI=1S/C14H20N4S/c1-4-15-13(9-14-16-10-17-18(14)2)11-5-7-12(19-3)8-6-11/h5-8,10,13,15H,4,9H2,1-3H3. The molecule has 2 rings (SSSR count). The molecule has 2 aromatic rings. The van der Waals surface area contributed by atoms with E-state index in [1.807, 2.05) is 11.7 Å². The Kier molecular flexibility index (Phi) is 4.99. The molecule has 0 amide bonds. The maximum absolute atomic E-state index is 4.30. The van der Waals surface area contributed by atoms with E-state index in [0.29, 0.717) is 0 Å². The molecule has 1 N–H and O–H groups in total. The maximum Gasteiger partial charge on any atom is 0.138 e. The van der Waals surface area contributed by atoms with Gasteiger partial charge in [0, 0.05) is 24.4 Å². The number of rotatable bonds is 6. The summed E-state index contributed by atoms with van der Waals surface area (Å²) in [4.78, 5) is 5.59. The minimum atomic E-state index is 0.281. The third kappa shape index (κ3) is 3.58. The molecule has 0 saturated carbocycles. The van der Waals surface area contributed by atoms with E-state index in [1.54, 1.807) is 18.1 Å². The van der Waals surface area contributed by atoms with Crippen LogP contribution in [0.5, 0.6) is 0 Å². The first-order valence-electron chi connectivity index (χ1n) is 6.44. The van der Waals surface area contributed by atoms with Crippen molar-refractivity contribution in [1.29, 1.82) is 0 Å². The van der Waals surface area contributed by atoms with Crippen molar-refractivity contribution in [2.24, 2.45) is 7.05 Å². The lowest BCUT2D eigenvalue weighted by Gasteiger charge is -2.18. The summed E-state index contributed by atoms with van der Waals surface area (Å²) in [5.74, 6) is 1.000. The minimum absolute atomic E-state index is 0.281. The average molecular weight is 276 g/mol. The summed E-state index contributed by atoms with van der Waals surface area (Å²) in [6, 6.07) is 9.00. The van der Waals surface area contributed by atoms with Crippen LogP contribution >= 0.6 is 11.8 Å². The van der Waals surface area contributed by atoms with Crippen LogP contribution in [-0.2, 0) is 13.5 Å². The van der Waals surface area contributed by atoms with Crippen molar-refractivity contribution < 1.29 is 0 Å². The SMILES string of the molecule is CCNC(Cc1ncnn1C)c1ccc(SC)cc1. The summed E-state index contributed by atoms with van der Waals surface area (Å²) in [5.41, 5.74) is 1.29. The molecule has 1 atom stereocenters. The van der Waals surface area contributed by atoms with E-state index in [0.717, 1.165) is 18.8 Å². The van der Waals surface area contributed by atoms with Crippen LogP contribution in [0.2, 0.25) is 0 Å². The first-order valence-corrected chi connectivity index (χ1v) is 7.67. The highest BCUT2D eigenvalue weighted by molar-refractivity contribution is 7.98. The number of aryl methyl sites for hydroxylation is 1. The van der Waals surface area contributed by atoms with Gasteiger partial charge in [0.1, 0.15) is 12.2 Å². The van der Waals surface area contributed by atoms with E-state index in [2.05, 4.69) is 52.8 Å². The van der Waals surface area contributed by atoms with Crippen molar-refractivity contribution in [2.45, 2.75) is 24.3 Å². The van der Waals surface area contributed by atoms with Crippen LogP contribution < -0.4 is 5.32 Å². The second-order valence-electron chi connectivity index (χ2n) is 4.39. The molecular weight excluding hydrogens is 256 g/mol. The minimum Gasteiger partial charge on any atom is -0.310 e. The van der Waals surface area contributed by atoms with Gasteiger partial charge in [-0.2, -0.15) is 5.10 Å². The van der Waals surface area contributed by atoms with E-state index in [4.69, 9.17) is 0 Å². The summed E-state index contributed by atoms with van der Waals surface area (Å²) in [7, 11) is 1.93. The van der Waals surface area contributed by atoms with Gasteiger partial charge >= 0.3 is 0 Å². The van der Waals surface area contributed by atoms with Crippen molar-refractivity contribution in [3.8, 4) is 0 Å². The van der Waals surface area contributed by atoms with Gasteiger partial charge in [0.15, 0.2) is 0 Å². The van der Waals surface area contributed by atoms with E-state index < -0.39 is 0 Å². The van der Waals surface area contributed by atoms with Crippen molar-refractivity contribution in [2.75, 3.05) is 12.8 Å².